The molecule has 1 spiro atoms. The van der Waals surface area contributed by atoms with Gasteiger partial charge in [-0.2, -0.15) is 0 Å². The zero-order valence-corrected chi connectivity index (χ0v) is 10.8. The number of epoxide rings is 1. The van der Waals surface area contributed by atoms with E-state index in [1.165, 1.54) is 12.1 Å². The summed E-state index contributed by atoms with van der Waals surface area (Å²) in [5.41, 5.74) is 2.02. The SMILES string of the molecule is O=C1c2ccccc2CCC12OC2c1ccc(F)cc1. The van der Waals surface area contributed by atoms with E-state index in [0.29, 0.717) is 6.42 Å². The van der Waals surface area contributed by atoms with Crippen molar-refractivity contribution in [3.63, 3.8) is 0 Å². The number of ketones is 1. The number of hydrogen-bond donors (Lipinski definition) is 0. The van der Waals surface area contributed by atoms with Gasteiger partial charge in [-0.1, -0.05) is 36.4 Å². The predicted molar refractivity (Wildman–Crippen MR) is 72.1 cm³/mol. The van der Waals surface area contributed by atoms with Gasteiger partial charge in [-0.3, -0.25) is 4.79 Å². The first-order valence-electron chi connectivity index (χ1n) is 6.77. The molecule has 2 atom stereocenters. The minimum Gasteiger partial charge on any atom is -0.352 e. The second-order valence-electron chi connectivity index (χ2n) is 5.43. The van der Waals surface area contributed by atoms with E-state index in [0.717, 1.165) is 23.1 Å². The quantitative estimate of drug-likeness (QED) is 0.741. The summed E-state index contributed by atoms with van der Waals surface area (Å²) in [5, 5.41) is 0. The first kappa shape index (κ1) is 11.8. The number of carbonyl (C=O) groups is 1. The van der Waals surface area contributed by atoms with Crippen molar-refractivity contribution in [2.75, 3.05) is 0 Å². The zero-order chi connectivity index (χ0) is 13.7. The maximum absolute atomic E-state index is 13.0. The first-order chi connectivity index (χ1) is 9.71. The van der Waals surface area contributed by atoms with Crippen molar-refractivity contribution < 1.29 is 13.9 Å². The van der Waals surface area contributed by atoms with Crippen LogP contribution in [0.1, 0.15) is 34.0 Å². The van der Waals surface area contributed by atoms with Crippen LogP contribution in [0.5, 0.6) is 0 Å². The van der Waals surface area contributed by atoms with Crippen LogP contribution in [-0.4, -0.2) is 11.4 Å². The number of benzene rings is 2. The predicted octanol–water partition coefficient (Wildman–Crippen LogP) is 3.46. The molecule has 4 rings (SSSR count). The first-order valence-corrected chi connectivity index (χ1v) is 6.77. The van der Waals surface area contributed by atoms with E-state index in [1.807, 2.05) is 24.3 Å². The molecule has 3 heteroatoms. The molecule has 2 aliphatic rings. The lowest BCUT2D eigenvalue weighted by molar-refractivity contribution is 0.0850. The van der Waals surface area contributed by atoms with E-state index in [2.05, 4.69) is 0 Å². The lowest BCUT2D eigenvalue weighted by Gasteiger charge is -2.20. The third kappa shape index (κ3) is 1.56. The third-order valence-electron chi connectivity index (χ3n) is 4.28. The Labute approximate surface area is 116 Å². The molecular weight excluding hydrogens is 255 g/mol. The number of hydrogen-bond acceptors (Lipinski definition) is 2. The molecule has 1 aliphatic carbocycles. The molecule has 2 aromatic rings. The van der Waals surface area contributed by atoms with Gasteiger partial charge in [0.05, 0.1) is 0 Å². The molecule has 1 saturated heterocycles. The molecule has 20 heavy (non-hydrogen) atoms. The lowest BCUT2D eigenvalue weighted by Crippen LogP contribution is -2.31. The molecule has 100 valence electrons. The van der Waals surface area contributed by atoms with Crippen LogP contribution in [0.25, 0.3) is 0 Å². The molecular formula is C17H13FO2. The smallest absolute Gasteiger partial charge is 0.198 e. The summed E-state index contributed by atoms with van der Waals surface area (Å²) < 4.78 is 18.7. The van der Waals surface area contributed by atoms with E-state index in [1.54, 1.807) is 12.1 Å². The summed E-state index contributed by atoms with van der Waals surface area (Å²) in [6, 6.07) is 13.9. The second kappa shape index (κ2) is 4.00. The van der Waals surface area contributed by atoms with E-state index >= 15 is 0 Å². The summed E-state index contributed by atoms with van der Waals surface area (Å²) in [7, 11) is 0. The largest absolute Gasteiger partial charge is 0.352 e. The van der Waals surface area contributed by atoms with Crippen molar-refractivity contribution in [2.24, 2.45) is 0 Å². The van der Waals surface area contributed by atoms with E-state index < -0.39 is 5.60 Å². The van der Waals surface area contributed by atoms with Gasteiger partial charge in [0.25, 0.3) is 0 Å². The van der Waals surface area contributed by atoms with Gasteiger partial charge in [0.2, 0.25) is 0 Å². The number of Topliss-reactive ketones (excluding diaryl/α,β-unsaturated/α-hetero) is 1. The highest BCUT2D eigenvalue weighted by atomic mass is 19.1. The molecule has 1 fully saturated rings. The highest BCUT2D eigenvalue weighted by Gasteiger charge is 2.63. The van der Waals surface area contributed by atoms with E-state index in [-0.39, 0.29) is 17.7 Å². The minimum absolute atomic E-state index is 0.0636. The van der Waals surface area contributed by atoms with Gasteiger partial charge in [0.15, 0.2) is 11.4 Å². The second-order valence-corrected chi connectivity index (χ2v) is 5.43. The summed E-state index contributed by atoms with van der Waals surface area (Å²) in [5.74, 6) is -0.211. The molecule has 0 bridgehead atoms. The molecule has 0 aromatic heterocycles. The monoisotopic (exact) mass is 268 g/mol. The highest BCUT2D eigenvalue weighted by molar-refractivity contribution is 6.07. The molecule has 0 radical (unpaired) electrons. The maximum Gasteiger partial charge on any atom is 0.198 e. The molecule has 0 N–H and O–H groups in total. The fourth-order valence-electron chi connectivity index (χ4n) is 3.14. The number of halogens is 1. The molecule has 2 aromatic carbocycles. The number of ether oxygens (including phenoxy) is 1. The van der Waals surface area contributed by atoms with Crippen molar-refractivity contribution in [2.45, 2.75) is 24.5 Å². The topological polar surface area (TPSA) is 29.6 Å². The summed E-state index contributed by atoms with van der Waals surface area (Å²) in [6.45, 7) is 0. The van der Waals surface area contributed by atoms with Gasteiger partial charge in [0.1, 0.15) is 11.9 Å². The van der Waals surface area contributed by atoms with Crippen LogP contribution in [-0.2, 0) is 11.2 Å². The van der Waals surface area contributed by atoms with Gasteiger partial charge < -0.3 is 4.74 Å². The van der Waals surface area contributed by atoms with Crippen LogP contribution in [0.3, 0.4) is 0 Å². The summed E-state index contributed by atoms with van der Waals surface area (Å²) in [4.78, 5) is 12.7. The van der Waals surface area contributed by atoms with Crippen LogP contribution < -0.4 is 0 Å². The Kier molecular flexibility index (Phi) is 2.36. The standard InChI is InChI=1S/C17H13FO2/c18-13-7-5-12(6-8-13)16-17(20-16)10-9-11-3-1-2-4-14(11)15(17)19/h1-8,16H,9-10H2. The summed E-state index contributed by atoms with van der Waals surface area (Å²) >= 11 is 0. The number of rotatable bonds is 1. The Hall–Kier alpha value is -2.00. The Balaban J connectivity index is 1.69. The van der Waals surface area contributed by atoms with Crippen molar-refractivity contribution in [1.82, 2.24) is 0 Å². The summed E-state index contributed by atoms with van der Waals surface area (Å²) in [6.07, 6.45) is 1.31. The fraction of sp³-hybridized carbons (Fsp3) is 0.235. The minimum atomic E-state index is -0.716. The Morgan fingerprint density at radius 3 is 2.65 bits per heavy atom. The molecule has 1 heterocycles. The zero-order valence-electron chi connectivity index (χ0n) is 10.8. The van der Waals surface area contributed by atoms with Gasteiger partial charge in [-0.05, 0) is 36.1 Å². The fourth-order valence-corrected chi connectivity index (χ4v) is 3.14. The van der Waals surface area contributed by atoms with Gasteiger partial charge in [-0.15, -0.1) is 0 Å². The Morgan fingerprint density at radius 2 is 1.85 bits per heavy atom. The molecule has 2 unspecified atom stereocenters. The number of fused-ring (bicyclic) bond motifs is 1. The van der Waals surface area contributed by atoms with E-state index in [4.69, 9.17) is 4.74 Å². The molecule has 1 aliphatic heterocycles. The van der Waals surface area contributed by atoms with Crippen molar-refractivity contribution in [3.8, 4) is 0 Å². The van der Waals surface area contributed by atoms with Crippen molar-refractivity contribution >= 4 is 5.78 Å². The van der Waals surface area contributed by atoms with Crippen LogP contribution in [0, 0.1) is 5.82 Å². The lowest BCUT2D eigenvalue weighted by atomic mass is 9.79. The highest BCUT2D eigenvalue weighted by Crippen LogP contribution is 2.56. The van der Waals surface area contributed by atoms with Crippen LogP contribution in [0.2, 0.25) is 0 Å². The van der Waals surface area contributed by atoms with Crippen LogP contribution in [0.15, 0.2) is 48.5 Å². The molecule has 2 nitrogen and oxygen atoms in total. The average molecular weight is 268 g/mol. The van der Waals surface area contributed by atoms with Gasteiger partial charge in [-0.25, -0.2) is 4.39 Å². The number of aryl methyl sites for hydroxylation is 1. The van der Waals surface area contributed by atoms with E-state index in [9.17, 15) is 9.18 Å². The number of carbonyl (C=O) groups excluding carboxylic acids is 1. The van der Waals surface area contributed by atoms with Crippen molar-refractivity contribution in [1.29, 1.82) is 0 Å². The Morgan fingerprint density at radius 1 is 1.10 bits per heavy atom. The van der Waals surface area contributed by atoms with Crippen molar-refractivity contribution in [3.05, 3.63) is 71.0 Å². The van der Waals surface area contributed by atoms with Crippen LogP contribution >= 0.6 is 0 Å². The van der Waals surface area contributed by atoms with Gasteiger partial charge in [0, 0.05) is 5.56 Å². The Bertz CT molecular complexity index is 692. The maximum atomic E-state index is 13.0. The average Bonchev–Trinajstić information content (AvgIpc) is 3.20. The molecule has 0 amide bonds. The normalized spacial score (nSPS) is 27.4. The van der Waals surface area contributed by atoms with Gasteiger partial charge >= 0.3 is 0 Å². The molecule has 0 saturated carbocycles. The van der Waals surface area contributed by atoms with Crippen LogP contribution in [0.4, 0.5) is 4.39 Å². The third-order valence-corrected chi connectivity index (χ3v) is 4.28.